The Kier molecular flexibility index (Phi) is 3.25. The van der Waals surface area contributed by atoms with Gasteiger partial charge in [-0.1, -0.05) is 32.7 Å². The maximum atomic E-state index is 4.33. The molecule has 0 bridgehead atoms. The van der Waals surface area contributed by atoms with Gasteiger partial charge < -0.3 is 0 Å². The fraction of sp³-hybridized carbons (Fsp3) is 0.833. The van der Waals surface area contributed by atoms with E-state index in [0.29, 0.717) is 0 Å². The van der Waals surface area contributed by atoms with Gasteiger partial charge >= 0.3 is 0 Å². The molecule has 3 heteroatoms. The Morgan fingerprint density at radius 3 is 1.56 bits per heavy atom. The molecule has 0 aliphatic rings. The second kappa shape index (κ2) is 3.07. The minimum absolute atomic E-state index is 0.0944. The molecule has 0 rings (SSSR count). The molecule has 0 fully saturated rings. The lowest BCUT2D eigenvalue weighted by Crippen LogP contribution is -2.44. The van der Waals surface area contributed by atoms with Crippen molar-refractivity contribution in [2.24, 2.45) is 0 Å². The van der Waals surface area contributed by atoms with Crippen LogP contribution in [0.25, 0.3) is 0 Å². The van der Waals surface area contributed by atoms with Crippen LogP contribution < -0.4 is 0 Å². The highest BCUT2D eigenvalue weighted by Crippen LogP contribution is 2.01. The van der Waals surface area contributed by atoms with Gasteiger partial charge in [0.05, 0.1) is 7.59 Å². The largest absolute Gasteiger partial charge is 0.123 e. The molecule has 0 saturated heterocycles. The molecule has 9 heavy (non-hydrogen) atoms. The molecule has 0 unspecified atom stereocenters. The SMILES string of the molecule is C=[Si]([SiH](C)C)[Si](C)(C)C. The Bertz CT molecular complexity index is 110. The van der Waals surface area contributed by atoms with Gasteiger partial charge in [-0.15, -0.1) is 6.17 Å². The lowest BCUT2D eigenvalue weighted by Gasteiger charge is -2.20. The van der Waals surface area contributed by atoms with Crippen molar-refractivity contribution in [2.75, 3.05) is 0 Å². The van der Waals surface area contributed by atoms with Crippen LogP contribution >= 0.6 is 0 Å². The standard InChI is InChI=1S/C6H18Si3/c1-7(2)8(3)9(4,5)6/h7H,3H2,1-2,4-6H3. The van der Waals surface area contributed by atoms with Crippen LogP contribution in [0.5, 0.6) is 0 Å². The van der Waals surface area contributed by atoms with E-state index in [-0.39, 0.29) is 15.8 Å². The van der Waals surface area contributed by atoms with Crippen LogP contribution in [-0.4, -0.2) is 29.5 Å². The third-order valence-corrected chi connectivity index (χ3v) is 27.9. The first-order chi connectivity index (χ1) is 3.85. The van der Waals surface area contributed by atoms with E-state index in [1.54, 1.807) is 0 Å². The number of hydrogen-bond donors (Lipinski definition) is 0. The summed E-state index contributed by atoms with van der Waals surface area (Å²) in [6.07, 6.45) is 4.33. The lowest BCUT2D eigenvalue weighted by atomic mass is 11.8. The van der Waals surface area contributed by atoms with Gasteiger partial charge in [0.15, 0.2) is 0 Å². The van der Waals surface area contributed by atoms with E-state index in [1.165, 1.54) is 0 Å². The summed E-state index contributed by atoms with van der Waals surface area (Å²) >= 11 is 0. The zero-order chi connectivity index (χ0) is 7.65. The van der Waals surface area contributed by atoms with Gasteiger partial charge in [0.1, 0.15) is 0 Å². The molecule has 0 heterocycles. The lowest BCUT2D eigenvalue weighted by molar-refractivity contribution is 1.86. The van der Waals surface area contributed by atoms with Gasteiger partial charge in [-0.2, -0.15) is 0 Å². The summed E-state index contributed by atoms with van der Waals surface area (Å²) in [5.41, 5.74) is 0. The molecule has 0 saturated carbocycles. The predicted octanol–water partition coefficient (Wildman–Crippen LogP) is 1.48. The summed E-state index contributed by atoms with van der Waals surface area (Å²) in [7, 11) is -1.20. The molecule has 0 aliphatic carbocycles. The molecule has 0 aliphatic heterocycles. The van der Waals surface area contributed by atoms with Crippen LogP contribution in [0.2, 0.25) is 32.7 Å². The first kappa shape index (κ1) is 9.52. The fourth-order valence-corrected chi connectivity index (χ4v) is 23.4. The van der Waals surface area contributed by atoms with E-state index < -0.39 is 7.59 Å². The maximum Gasteiger partial charge on any atom is 0.0510 e. The number of hydrogen-bond acceptors (Lipinski definition) is 0. The van der Waals surface area contributed by atoms with E-state index in [0.717, 1.165) is 0 Å². The van der Waals surface area contributed by atoms with Gasteiger partial charge in [-0.05, 0) is 7.44 Å². The van der Waals surface area contributed by atoms with Gasteiger partial charge in [0.25, 0.3) is 0 Å². The Hall–Kier alpha value is 0.521. The molecule has 0 aromatic rings. The van der Waals surface area contributed by atoms with E-state index in [1.807, 2.05) is 0 Å². The van der Waals surface area contributed by atoms with Crippen molar-refractivity contribution in [1.29, 1.82) is 0 Å². The van der Waals surface area contributed by atoms with Crippen LogP contribution in [-0.2, 0) is 0 Å². The van der Waals surface area contributed by atoms with Crippen molar-refractivity contribution in [3.8, 4) is 0 Å². The summed E-state index contributed by atoms with van der Waals surface area (Å²) in [5.74, 6) is 0. The molecule has 0 N–H and O–H groups in total. The van der Waals surface area contributed by atoms with E-state index >= 15 is 0 Å². The Balaban J connectivity index is 4.06. The van der Waals surface area contributed by atoms with Crippen LogP contribution in [0.15, 0.2) is 0 Å². The molecule has 0 amide bonds. The Morgan fingerprint density at radius 2 is 1.56 bits per heavy atom. The van der Waals surface area contributed by atoms with Crippen LogP contribution in [0.4, 0.5) is 0 Å². The smallest absolute Gasteiger partial charge is 0.0510 e. The van der Waals surface area contributed by atoms with Crippen molar-refractivity contribution < 1.29 is 0 Å². The quantitative estimate of drug-likeness (QED) is 0.556. The molecule has 0 atom stereocenters. The fourth-order valence-electron chi connectivity index (χ4n) is 0.866. The summed E-state index contributed by atoms with van der Waals surface area (Å²) in [6.45, 7) is 12.3. The van der Waals surface area contributed by atoms with Crippen molar-refractivity contribution in [1.82, 2.24) is 0 Å². The zero-order valence-electron chi connectivity index (χ0n) is 7.28. The third-order valence-electron chi connectivity index (χ3n) is 1.66. The molecular weight excluding hydrogens is 156 g/mol. The summed E-state index contributed by atoms with van der Waals surface area (Å²) in [5, 5.41) is 0. The van der Waals surface area contributed by atoms with Crippen molar-refractivity contribution >= 4 is 29.5 Å². The topological polar surface area (TPSA) is 0 Å². The normalized spacial score (nSPS) is 12.2. The molecule has 0 nitrogen and oxygen atoms in total. The second-order valence-corrected chi connectivity index (χ2v) is 25.5. The average Bonchev–Trinajstić information content (AvgIpc) is 1.62. The second-order valence-electron chi connectivity index (χ2n) is 3.93. The van der Waals surface area contributed by atoms with Gasteiger partial charge in [0.2, 0.25) is 0 Å². The number of rotatable bonds is 2. The van der Waals surface area contributed by atoms with Crippen LogP contribution in [0.3, 0.4) is 0 Å². The molecule has 0 aromatic heterocycles. The van der Waals surface area contributed by atoms with Gasteiger partial charge in [-0.3, -0.25) is 0 Å². The highest BCUT2D eigenvalue weighted by Gasteiger charge is 2.20. The van der Waals surface area contributed by atoms with Crippen LogP contribution in [0.1, 0.15) is 0 Å². The maximum absolute atomic E-state index is 4.33. The summed E-state index contributed by atoms with van der Waals surface area (Å²) in [4.78, 5) is 0. The highest BCUT2D eigenvalue weighted by atomic mass is 29.6. The highest BCUT2D eigenvalue weighted by molar-refractivity contribution is 7.54. The monoisotopic (exact) mass is 174 g/mol. The van der Waals surface area contributed by atoms with Gasteiger partial charge in [-0.25, -0.2) is 0 Å². The van der Waals surface area contributed by atoms with Crippen molar-refractivity contribution in [3.63, 3.8) is 0 Å². The average molecular weight is 174 g/mol. The Morgan fingerprint density at radius 1 is 1.22 bits per heavy atom. The third kappa shape index (κ3) is 3.27. The van der Waals surface area contributed by atoms with Crippen LogP contribution in [0, 0.1) is 0 Å². The Labute approximate surface area is 62.7 Å². The molecule has 54 valence electrons. The zero-order valence-corrected chi connectivity index (χ0v) is 10.4. The van der Waals surface area contributed by atoms with Crippen molar-refractivity contribution in [2.45, 2.75) is 32.7 Å². The molecule has 0 spiro atoms. The van der Waals surface area contributed by atoms with E-state index in [2.05, 4.69) is 38.9 Å². The van der Waals surface area contributed by atoms with Crippen molar-refractivity contribution in [3.05, 3.63) is 0 Å². The first-order valence-corrected chi connectivity index (χ1v) is 13.9. The minimum atomic E-state index is -0.771. The summed E-state index contributed by atoms with van der Waals surface area (Å²) < 4.78 is 0. The molecule has 0 aromatic carbocycles. The molecular formula is C6H18Si3. The molecule has 0 radical (unpaired) electrons. The minimum Gasteiger partial charge on any atom is -0.123 e. The van der Waals surface area contributed by atoms with E-state index in [4.69, 9.17) is 0 Å². The predicted molar refractivity (Wildman–Crippen MR) is 55.1 cm³/mol. The summed E-state index contributed by atoms with van der Waals surface area (Å²) in [6, 6.07) is 0. The van der Waals surface area contributed by atoms with Gasteiger partial charge in [0, 0.05) is 8.31 Å². The van der Waals surface area contributed by atoms with E-state index in [9.17, 15) is 0 Å². The first-order valence-electron chi connectivity index (χ1n) is 3.55.